The number of benzene rings is 2. The highest BCUT2D eigenvalue weighted by molar-refractivity contribution is 5.89. The van der Waals surface area contributed by atoms with Crippen molar-refractivity contribution in [3.8, 4) is 11.4 Å². The number of aromatic nitrogens is 2. The molecule has 1 aliphatic carbocycles. The summed E-state index contributed by atoms with van der Waals surface area (Å²) in [5.41, 5.74) is 2.96. The Labute approximate surface area is 212 Å². The summed E-state index contributed by atoms with van der Waals surface area (Å²) < 4.78 is 48.5. The maximum atomic E-state index is 13.6. The van der Waals surface area contributed by atoms with E-state index in [1.165, 1.54) is 0 Å². The van der Waals surface area contributed by atoms with Crippen LogP contribution in [0.2, 0.25) is 0 Å². The number of carbonyl (C=O) groups is 1. The normalized spacial score (nSPS) is 23.3. The Balaban J connectivity index is 1.18. The predicted octanol–water partition coefficient (Wildman–Crippen LogP) is 4.47. The Morgan fingerprint density at radius 2 is 1.78 bits per heavy atom. The zero-order valence-corrected chi connectivity index (χ0v) is 20.1. The fourth-order valence-corrected chi connectivity index (χ4v) is 5.77. The van der Waals surface area contributed by atoms with Crippen LogP contribution in [0.3, 0.4) is 0 Å². The van der Waals surface area contributed by atoms with Crippen molar-refractivity contribution in [1.82, 2.24) is 20.4 Å². The fraction of sp³-hybridized carbons (Fsp3) is 0.444. The smallest absolute Gasteiger partial charge is 0.378 e. The first-order chi connectivity index (χ1) is 17.8. The van der Waals surface area contributed by atoms with Crippen LogP contribution in [0.15, 0.2) is 53.1 Å². The van der Waals surface area contributed by atoms with Crippen LogP contribution in [0.25, 0.3) is 11.4 Å². The average molecular weight is 513 g/mol. The minimum Gasteiger partial charge on any atom is -0.378 e. The van der Waals surface area contributed by atoms with Crippen LogP contribution in [0.5, 0.6) is 0 Å². The molecule has 37 heavy (non-hydrogen) atoms. The first-order valence-electron chi connectivity index (χ1n) is 12.5. The Bertz CT molecular complexity index is 1290. The summed E-state index contributed by atoms with van der Waals surface area (Å²) in [5, 5.41) is 6.88. The van der Waals surface area contributed by atoms with Crippen LogP contribution in [0.1, 0.15) is 48.3 Å². The number of carbonyl (C=O) groups excluding carboxylic acids is 1. The second-order valence-electron chi connectivity index (χ2n) is 10.2. The van der Waals surface area contributed by atoms with Crippen molar-refractivity contribution in [2.24, 2.45) is 0 Å². The standard InChI is InChI=1S/C27H27F3N4O3/c28-27(29,30)25-32-23(33-37-25)17-10-11-18-13-34(14-19(18)12-17)22-9-5-4-8-21(22)31-24(35)26(15-36-16-26)20-6-2-1-3-7-20/h1-3,6-7,10-12,21-22H,4-5,8-9,13-16H2,(H,31,35). The van der Waals surface area contributed by atoms with E-state index in [4.69, 9.17) is 4.74 Å². The van der Waals surface area contributed by atoms with Gasteiger partial charge in [-0.25, -0.2) is 0 Å². The monoisotopic (exact) mass is 512 g/mol. The molecule has 0 spiro atoms. The number of amides is 1. The van der Waals surface area contributed by atoms with Gasteiger partial charge in [-0.3, -0.25) is 9.69 Å². The summed E-state index contributed by atoms with van der Waals surface area (Å²) >= 11 is 0. The molecule has 0 radical (unpaired) electrons. The summed E-state index contributed by atoms with van der Waals surface area (Å²) in [5.74, 6) is -1.42. The van der Waals surface area contributed by atoms with Crippen molar-refractivity contribution in [3.05, 3.63) is 71.1 Å². The highest BCUT2D eigenvalue weighted by Crippen LogP contribution is 2.36. The van der Waals surface area contributed by atoms with Crippen LogP contribution in [-0.4, -0.2) is 46.2 Å². The number of ether oxygens (including phenoxy) is 1. The van der Waals surface area contributed by atoms with E-state index < -0.39 is 17.5 Å². The molecule has 2 fully saturated rings. The van der Waals surface area contributed by atoms with Gasteiger partial charge in [-0.1, -0.05) is 60.5 Å². The molecule has 1 aromatic heterocycles. The van der Waals surface area contributed by atoms with Crippen molar-refractivity contribution < 1.29 is 27.2 Å². The third-order valence-electron chi connectivity index (χ3n) is 7.85. The quantitative estimate of drug-likeness (QED) is 0.544. The van der Waals surface area contributed by atoms with E-state index >= 15 is 0 Å². The highest BCUT2D eigenvalue weighted by Gasteiger charge is 2.49. The zero-order chi connectivity index (χ0) is 25.6. The molecule has 1 saturated carbocycles. The Morgan fingerprint density at radius 3 is 2.49 bits per heavy atom. The van der Waals surface area contributed by atoms with Crippen molar-refractivity contribution in [3.63, 3.8) is 0 Å². The van der Waals surface area contributed by atoms with E-state index in [9.17, 15) is 18.0 Å². The number of hydrogen-bond donors (Lipinski definition) is 1. The van der Waals surface area contributed by atoms with E-state index in [0.29, 0.717) is 25.3 Å². The van der Waals surface area contributed by atoms with Crippen LogP contribution in [0.4, 0.5) is 13.2 Å². The van der Waals surface area contributed by atoms with Gasteiger partial charge in [-0.15, -0.1) is 0 Å². The van der Waals surface area contributed by atoms with E-state index in [-0.39, 0.29) is 23.8 Å². The van der Waals surface area contributed by atoms with Crippen LogP contribution >= 0.6 is 0 Å². The minimum atomic E-state index is -4.68. The Hall–Kier alpha value is -3.24. The predicted molar refractivity (Wildman–Crippen MR) is 127 cm³/mol. The number of nitrogens with one attached hydrogen (secondary N) is 1. The third kappa shape index (κ3) is 4.42. The molecule has 3 aromatic rings. The molecule has 0 bridgehead atoms. The number of halogens is 3. The van der Waals surface area contributed by atoms with Gasteiger partial charge in [0.25, 0.3) is 0 Å². The molecular weight excluding hydrogens is 485 g/mol. The number of nitrogens with zero attached hydrogens (tertiary/aromatic N) is 3. The van der Waals surface area contributed by atoms with Crippen molar-refractivity contribution >= 4 is 5.91 Å². The third-order valence-corrected chi connectivity index (χ3v) is 7.85. The van der Waals surface area contributed by atoms with Gasteiger partial charge in [0.2, 0.25) is 11.7 Å². The van der Waals surface area contributed by atoms with Gasteiger partial charge in [-0.2, -0.15) is 18.2 Å². The number of alkyl halides is 3. The average Bonchev–Trinajstić information content (AvgIpc) is 3.52. The van der Waals surface area contributed by atoms with Crippen LogP contribution in [-0.2, 0) is 34.2 Å². The molecule has 7 nitrogen and oxygen atoms in total. The number of rotatable bonds is 5. The minimum absolute atomic E-state index is 0.0124. The SMILES string of the molecule is O=C(NC1CCCCC1N1Cc2ccc(-c3noc(C(F)(F)F)n3)cc2C1)C1(c2ccccc2)COC1. The Kier molecular flexibility index (Phi) is 6.03. The largest absolute Gasteiger partial charge is 0.471 e. The van der Waals surface area contributed by atoms with Crippen molar-refractivity contribution in [1.29, 1.82) is 0 Å². The van der Waals surface area contributed by atoms with Gasteiger partial charge in [0, 0.05) is 30.7 Å². The molecule has 1 amide bonds. The molecule has 194 valence electrons. The number of hydrogen-bond acceptors (Lipinski definition) is 6. The lowest BCUT2D eigenvalue weighted by molar-refractivity contribution is -0.159. The van der Waals surface area contributed by atoms with Crippen molar-refractivity contribution in [2.45, 2.75) is 62.4 Å². The van der Waals surface area contributed by atoms with E-state index in [2.05, 4.69) is 24.9 Å². The second kappa shape index (κ2) is 9.25. The van der Waals surface area contributed by atoms with Gasteiger partial charge >= 0.3 is 12.1 Å². The van der Waals surface area contributed by atoms with Gasteiger partial charge in [0.15, 0.2) is 0 Å². The van der Waals surface area contributed by atoms with E-state index in [0.717, 1.165) is 48.9 Å². The summed E-state index contributed by atoms with van der Waals surface area (Å²) in [6.45, 7) is 2.13. The topological polar surface area (TPSA) is 80.5 Å². The maximum Gasteiger partial charge on any atom is 0.471 e. The molecule has 2 unspecified atom stereocenters. The van der Waals surface area contributed by atoms with Crippen LogP contribution < -0.4 is 5.32 Å². The number of fused-ring (bicyclic) bond motifs is 1. The highest BCUT2D eigenvalue weighted by atomic mass is 19.4. The lowest BCUT2D eigenvalue weighted by atomic mass is 9.77. The molecule has 2 aliphatic heterocycles. The van der Waals surface area contributed by atoms with E-state index in [1.807, 2.05) is 42.5 Å². The summed E-state index contributed by atoms with van der Waals surface area (Å²) in [7, 11) is 0. The fourth-order valence-electron chi connectivity index (χ4n) is 5.77. The summed E-state index contributed by atoms with van der Waals surface area (Å²) in [6, 6.07) is 15.5. The van der Waals surface area contributed by atoms with Crippen molar-refractivity contribution in [2.75, 3.05) is 13.2 Å². The first kappa shape index (κ1) is 24.1. The first-order valence-corrected chi connectivity index (χ1v) is 12.5. The van der Waals surface area contributed by atoms with Gasteiger partial charge in [-0.05, 0) is 35.6 Å². The molecule has 2 atom stereocenters. The Morgan fingerprint density at radius 1 is 1.03 bits per heavy atom. The van der Waals surface area contributed by atoms with Gasteiger partial charge < -0.3 is 14.6 Å². The molecule has 1 saturated heterocycles. The van der Waals surface area contributed by atoms with E-state index in [1.54, 1.807) is 6.07 Å². The lowest BCUT2D eigenvalue weighted by Crippen LogP contribution is -2.62. The van der Waals surface area contributed by atoms with Crippen LogP contribution in [0, 0.1) is 0 Å². The molecule has 2 aromatic carbocycles. The van der Waals surface area contributed by atoms with Gasteiger partial charge in [0.1, 0.15) is 5.41 Å². The lowest BCUT2D eigenvalue weighted by Gasteiger charge is -2.44. The molecule has 10 heteroatoms. The zero-order valence-electron chi connectivity index (χ0n) is 20.1. The second-order valence-corrected chi connectivity index (χ2v) is 10.2. The molecule has 3 aliphatic rings. The molecule has 1 N–H and O–H groups in total. The maximum absolute atomic E-state index is 13.6. The summed E-state index contributed by atoms with van der Waals surface area (Å²) in [6.07, 6.45) is -0.653. The molecule has 3 heterocycles. The van der Waals surface area contributed by atoms with Gasteiger partial charge in [0.05, 0.1) is 13.2 Å². The summed E-state index contributed by atoms with van der Waals surface area (Å²) in [4.78, 5) is 19.4. The molecule has 6 rings (SSSR count). The molecular formula is C27H27F3N4O3.